The first-order valence-electron chi connectivity index (χ1n) is 6.93. The van der Waals surface area contributed by atoms with Gasteiger partial charge in [-0.15, -0.1) is 0 Å². The molecule has 1 aromatic rings. The van der Waals surface area contributed by atoms with Crippen LogP contribution in [-0.2, 0) is 11.2 Å². The number of amides is 1. The van der Waals surface area contributed by atoms with Crippen molar-refractivity contribution in [2.75, 3.05) is 18.1 Å². The molecule has 2 rings (SSSR count). The standard InChI is InChI=1S/C15H22N2O2/c1-3-12-6-4-5-7-14(12)17-9-8-11(2)16-13(10-18)15(17)19/h4-7,11,13,16,18H,3,8-10H2,1-2H3. The Bertz CT molecular complexity index is 448. The van der Waals surface area contributed by atoms with E-state index >= 15 is 0 Å². The van der Waals surface area contributed by atoms with Gasteiger partial charge in [-0.3, -0.25) is 4.79 Å². The Balaban J connectivity index is 2.33. The molecule has 1 amide bonds. The SMILES string of the molecule is CCc1ccccc1N1CCC(C)NC(CO)C1=O. The third-order valence-electron chi connectivity index (χ3n) is 3.68. The number of aryl methyl sites for hydroxylation is 1. The molecule has 2 N–H and O–H groups in total. The van der Waals surface area contributed by atoms with Crippen LogP contribution in [0.25, 0.3) is 0 Å². The highest BCUT2D eigenvalue weighted by Crippen LogP contribution is 2.23. The number of aliphatic hydroxyl groups excluding tert-OH is 1. The van der Waals surface area contributed by atoms with E-state index in [1.165, 1.54) is 5.56 Å². The van der Waals surface area contributed by atoms with Crippen LogP contribution in [0.3, 0.4) is 0 Å². The van der Waals surface area contributed by atoms with Gasteiger partial charge in [-0.2, -0.15) is 0 Å². The number of nitrogens with zero attached hydrogens (tertiary/aromatic N) is 1. The van der Waals surface area contributed by atoms with Crippen LogP contribution in [0.2, 0.25) is 0 Å². The number of rotatable bonds is 3. The maximum absolute atomic E-state index is 12.5. The molecular weight excluding hydrogens is 240 g/mol. The highest BCUT2D eigenvalue weighted by atomic mass is 16.3. The van der Waals surface area contributed by atoms with Gasteiger partial charge in [0.15, 0.2) is 0 Å². The second-order valence-corrected chi connectivity index (χ2v) is 5.06. The van der Waals surface area contributed by atoms with E-state index in [0.29, 0.717) is 6.54 Å². The zero-order valence-corrected chi connectivity index (χ0v) is 11.6. The Labute approximate surface area is 114 Å². The van der Waals surface area contributed by atoms with E-state index in [2.05, 4.69) is 18.3 Å². The van der Waals surface area contributed by atoms with Crippen molar-refractivity contribution in [2.24, 2.45) is 0 Å². The molecule has 2 unspecified atom stereocenters. The van der Waals surface area contributed by atoms with Crippen molar-refractivity contribution in [3.63, 3.8) is 0 Å². The summed E-state index contributed by atoms with van der Waals surface area (Å²) in [4.78, 5) is 14.3. The van der Waals surface area contributed by atoms with Gasteiger partial charge in [0.1, 0.15) is 6.04 Å². The minimum atomic E-state index is -0.498. The first-order chi connectivity index (χ1) is 9.17. The van der Waals surface area contributed by atoms with Gasteiger partial charge in [-0.1, -0.05) is 25.1 Å². The summed E-state index contributed by atoms with van der Waals surface area (Å²) in [6.07, 6.45) is 1.78. The number of benzene rings is 1. The summed E-state index contributed by atoms with van der Waals surface area (Å²) >= 11 is 0. The second-order valence-electron chi connectivity index (χ2n) is 5.06. The Hall–Kier alpha value is -1.39. The van der Waals surface area contributed by atoms with Gasteiger partial charge in [0.25, 0.3) is 0 Å². The fraction of sp³-hybridized carbons (Fsp3) is 0.533. The fourth-order valence-electron chi connectivity index (χ4n) is 2.56. The summed E-state index contributed by atoms with van der Waals surface area (Å²) in [5.41, 5.74) is 2.14. The number of carbonyl (C=O) groups is 1. The van der Waals surface area contributed by atoms with Crippen molar-refractivity contribution in [1.82, 2.24) is 5.32 Å². The summed E-state index contributed by atoms with van der Waals surface area (Å²) in [5.74, 6) is -0.0345. The van der Waals surface area contributed by atoms with Crippen molar-refractivity contribution < 1.29 is 9.90 Å². The normalized spacial score (nSPS) is 24.4. The lowest BCUT2D eigenvalue weighted by molar-refractivity contribution is -0.121. The Kier molecular flexibility index (Phi) is 4.56. The molecule has 2 atom stereocenters. The molecule has 1 aliphatic rings. The zero-order valence-electron chi connectivity index (χ0n) is 11.6. The van der Waals surface area contributed by atoms with E-state index in [0.717, 1.165) is 18.5 Å². The molecule has 1 fully saturated rings. The fourth-order valence-corrected chi connectivity index (χ4v) is 2.56. The minimum absolute atomic E-state index is 0.0345. The number of hydrogen-bond acceptors (Lipinski definition) is 3. The second kappa shape index (κ2) is 6.17. The molecule has 0 spiro atoms. The van der Waals surface area contributed by atoms with E-state index in [1.807, 2.05) is 30.0 Å². The number of nitrogens with one attached hydrogen (secondary N) is 1. The molecular formula is C15H22N2O2. The van der Waals surface area contributed by atoms with Gasteiger partial charge in [0, 0.05) is 18.3 Å². The van der Waals surface area contributed by atoms with Crippen molar-refractivity contribution in [2.45, 2.75) is 38.8 Å². The predicted octanol–water partition coefficient (Wildman–Crippen LogP) is 1.32. The quantitative estimate of drug-likeness (QED) is 0.864. The highest BCUT2D eigenvalue weighted by molar-refractivity contribution is 5.98. The van der Waals surface area contributed by atoms with Crippen molar-refractivity contribution >= 4 is 11.6 Å². The molecule has 19 heavy (non-hydrogen) atoms. The summed E-state index contributed by atoms with van der Waals surface area (Å²) < 4.78 is 0. The topological polar surface area (TPSA) is 52.6 Å². The van der Waals surface area contributed by atoms with E-state index in [9.17, 15) is 9.90 Å². The van der Waals surface area contributed by atoms with Gasteiger partial charge < -0.3 is 15.3 Å². The monoisotopic (exact) mass is 262 g/mol. The van der Waals surface area contributed by atoms with E-state index in [1.54, 1.807) is 0 Å². The number of aliphatic hydroxyl groups is 1. The molecule has 0 bridgehead atoms. The maximum atomic E-state index is 12.5. The van der Waals surface area contributed by atoms with E-state index < -0.39 is 6.04 Å². The molecule has 1 saturated heterocycles. The zero-order chi connectivity index (χ0) is 13.8. The molecule has 4 nitrogen and oxygen atoms in total. The molecule has 1 heterocycles. The lowest BCUT2D eigenvalue weighted by Gasteiger charge is -2.25. The summed E-state index contributed by atoms with van der Waals surface area (Å²) in [7, 11) is 0. The van der Waals surface area contributed by atoms with Gasteiger partial charge in [-0.25, -0.2) is 0 Å². The van der Waals surface area contributed by atoms with E-state index in [4.69, 9.17) is 0 Å². The van der Waals surface area contributed by atoms with Crippen LogP contribution in [0.4, 0.5) is 5.69 Å². The highest BCUT2D eigenvalue weighted by Gasteiger charge is 2.30. The minimum Gasteiger partial charge on any atom is -0.394 e. The van der Waals surface area contributed by atoms with Gasteiger partial charge in [0.2, 0.25) is 5.91 Å². The van der Waals surface area contributed by atoms with Crippen LogP contribution in [0.1, 0.15) is 25.8 Å². The maximum Gasteiger partial charge on any atom is 0.246 e. The molecule has 1 aliphatic heterocycles. The largest absolute Gasteiger partial charge is 0.394 e. The molecule has 0 saturated carbocycles. The van der Waals surface area contributed by atoms with Crippen LogP contribution in [0, 0.1) is 0 Å². The first-order valence-corrected chi connectivity index (χ1v) is 6.93. The number of para-hydroxylation sites is 1. The van der Waals surface area contributed by atoms with Gasteiger partial charge in [0.05, 0.1) is 6.61 Å². The number of carbonyl (C=O) groups excluding carboxylic acids is 1. The first kappa shape index (κ1) is 14.0. The third-order valence-corrected chi connectivity index (χ3v) is 3.68. The Morgan fingerprint density at radius 2 is 2.16 bits per heavy atom. The lowest BCUT2D eigenvalue weighted by Crippen LogP contribution is -2.47. The van der Waals surface area contributed by atoms with Gasteiger partial charge in [-0.05, 0) is 31.4 Å². The molecule has 4 heteroatoms. The smallest absolute Gasteiger partial charge is 0.246 e. The molecule has 104 valence electrons. The lowest BCUT2D eigenvalue weighted by atomic mass is 10.1. The average molecular weight is 262 g/mol. The van der Waals surface area contributed by atoms with Crippen molar-refractivity contribution in [3.05, 3.63) is 29.8 Å². The van der Waals surface area contributed by atoms with Crippen LogP contribution in [0.15, 0.2) is 24.3 Å². The van der Waals surface area contributed by atoms with Crippen molar-refractivity contribution in [1.29, 1.82) is 0 Å². The van der Waals surface area contributed by atoms with Crippen LogP contribution >= 0.6 is 0 Å². The number of hydrogen-bond donors (Lipinski definition) is 2. The van der Waals surface area contributed by atoms with Crippen LogP contribution in [-0.4, -0.2) is 36.2 Å². The molecule has 0 aromatic heterocycles. The number of anilines is 1. The summed E-state index contributed by atoms with van der Waals surface area (Å²) in [6, 6.07) is 7.73. The van der Waals surface area contributed by atoms with E-state index in [-0.39, 0.29) is 18.6 Å². The molecule has 0 aliphatic carbocycles. The average Bonchev–Trinajstić information content (AvgIpc) is 2.58. The summed E-state index contributed by atoms with van der Waals surface area (Å²) in [6.45, 7) is 4.67. The van der Waals surface area contributed by atoms with Crippen LogP contribution in [0.5, 0.6) is 0 Å². The molecule has 0 radical (unpaired) electrons. The Morgan fingerprint density at radius 1 is 1.42 bits per heavy atom. The summed E-state index contributed by atoms with van der Waals surface area (Å²) in [5, 5.41) is 12.6. The van der Waals surface area contributed by atoms with Crippen molar-refractivity contribution in [3.8, 4) is 0 Å². The Morgan fingerprint density at radius 3 is 2.84 bits per heavy atom. The van der Waals surface area contributed by atoms with Gasteiger partial charge >= 0.3 is 0 Å². The molecule has 1 aromatic carbocycles. The third kappa shape index (κ3) is 2.96. The van der Waals surface area contributed by atoms with Crippen LogP contribution < -0.4 is 10.2 Å². The predicted molar refractivity (Wildman–Crippen MR) is 76.3 cm³/mol.